The van der Waals surface area contributed by atoms with Gasteiger partial charge in [0.25, 0.3) is 0 Å². The molecule has 0 aliphatic carbocycles. The minimum absolute atomic E-state index is 0.549. The highest BCUT2D eigenvalue weighted by molar-refractivity contribution is 7.19. The van der Waals surface area contributed by atoms with Crippen molar-refractivity contribution < 1.29 is 0 Å². The number of nitrogens with zero attached hydrogens (tertiary/aromatic N) is 1. The van der Waals surface area contributed by atoms with Gasteiger partial charge in [-0.25, -0.2) is 0 Å². The molecule has 0 saturated carbocycles. The van der Waals surface area contributed by atoms with E-state index < -0.39 is 0 Å². The molecule has 2 nitrogen and oxygen atoms in total. The van der Waals surface area contributed by atoms with E-state index in [9.17, 15) is 5.26 Å². The van der Waals surface area contributed by atoms with Gasteiger partial charge in [0.2, 0.25) is 0 Å². The van der Waals surface area contributed by atoms with E-state index in [0.29, 0.717) is 15.6 Å². The molecule has 104 valence electrons. The zero-order valence-corrected chi connectivity index (χ0v) is 13.6. The summed E-state index contributed by atoms with van der Waals surface area (Å²) in [6.07, 6.45) is 0. The second kappa shape index (κ2) is 5.53. The molecule has 0 aliphatic heterocycles. The molecule has 5 heteroatoms. The Kier molecular flexibility index (Phi) is 3.73. The average Bonchev–Trinajstić information content (AvgIpc) is 3.08. The average molecular weight is 331 g/mol. The highest BCUT2D eigenvalue weighted by Gasteiger charge is 2.20. The number of thiophene rings is 2. The van der Waals surface area contributed by atoms with Gasteiger partial charge >= 0.3 is 0 Å². The summed E-state index contributed by atoms with van der Waals surface area (Å²) in [5.74, 6) is 0. The lowest BCUT2D eigenvalue weighted by Crippen LogP contribution is -1.88. The number of nitrogen functional groups attached to an aromatic ring is 1. The van der Waals surface area contributed by atoms with Gasteiger partial charge in [-0.15, -0.1) is 22.7 Å². The first-order chi connectivity index (χ1) is 10.1. The van der Waals surface area contributed by atoms with Crippen molar-refractivity contribution in [2.45, 2.75) is 6.92 Å². The van der Waals surface area contributed by atoms with E-state index in [2.05, 4.69) is 6.07 Å². The Balaban J connectivity index is 2.33. The maximum absolute atomic E-state index is 9.28. The summed E-state index contributed by atoms with van der Waals surface area (Å²) in [7, 11) is 0. The van der Waals surface area contributed by atoms with Crippen LogP contribution in [0.15, 0.2) is 35.7 Å². The molecule has 0 aliphatic rings. The topological polar surface area (TPSA) is 49.8 Å². The van der Waals surface area contributed by atoms with Crippen LogP contribution in [0.3, 0.4) is 0 Å². The molecule has 0 fully saturated rings. The van der Waals surface area contributed by atoms with Crippen LogP contribution in [0, 0.1) is 18.3 Å². The van der Waals surface area contributed by atoms with Gasteiger partial charge < -0.3 is 5.73 Å². The van der Waals surface area contributed by atoms with Crippen LogP contribution in [-0.2, 0) is 0 Å². The molecular weight excluding hydrogens is 320 g/mol. The minimum atomic E-state index is 0.549. The number of hydrogen-bond acceptors (Lipinski definition) is 4. The van der Waals surface area contributed by atoms with Gasteiger partial charge in [0.1, 0.15) is 10.9 Å². The molecule has 0 spiro atoms. The van der Waals surface area contributed by atoms with Crippen LogP contribution in [0.4, 0.5) is 5.69 Å². The molecule has 3 aromatic rings. The molecule has 2 aromatic heterocycles. The van der Waals surface area contributed by atoms with Crippen molar-refractivity contribution in [3.05, 3.63) is 51.2 Å². The standard InChI is InChI=1S/C16H11ClN2S2/c1-9-4-5-10(17)7-11(9)16-14(12-3-2-6-20-12)15(19)13(8-18)21-16/h2-7H,19H2,1H3. The highest BCUT2D eigenvalue weighted by atomic mass is 35.5. The smallest absolute Gasteiger partial charge is 0.129 e. The number of nitriles is 1. The van der Waals surface area contributed by atoms with Crippen LogP contribution in [0.1, 0.15) is 10.4 Å². The second-order valence-electron chi connectivity index (χ2n) is 4.60. The zero-order valence-electron chi connectivity index (χ0n) is 11.2. The van der Waals surface area contributed by atoms with Crippen molar-refractivity contribution in [3.63, 3.8) is 0 Å². The van der Waals surface area contributed by atoms with Gasteiger partial charge in [-0.1, -0.05) is 23.7 Å². The first-order valence-corrected chi connectivity index (χ1v) is 8.32. The number of hydrogen-bond donors (Lipinski definition) is 1. The van der Waals surface area contributed by atoms with E-state index >= 15 is 0 Å². The van der Waals surface area contributed by atoms with Crippen LogP contribution in [-0.4, -0.2) is 0 Å². The molecule has 1 aromatic carbocycles. The van der Waals surface area contributed by atoms with Crippen molar-refractivity contribution in [1.82, 2.24) is 0 Å². The Hall–Kier alpha value is -1.80. The van der Waals surface area contributed by atoms with Gasteiger partial charge in [-0.05, 0) is 41.6 Å². The SMILES string of the molecule is Cc1ccc(Cl)cc1-c1sc(C#N)c(N)c1-c1cccs1. The van der Waals surface area contributed by atoms with Gasteiger partial charge in [-0.2, -0.15) is 5.26 Å². The lowest BCUT2D eigenvalue weighted by atomic mass is 10.0. The summed E-state index contributed by atoms with van der Waals surface area (Å²) in [6, 6.07) is 12.0. The zero-order chi connectivity index (χ0) is 15.0. The molecule has 2 N–H and O–H groups in total. The van der Waals surface area contributed by atoms with Crippen LogP contribution >= 0.6 is 34.3 Å². The minimum Gasteiger partial charge on any atom is -0.396 e. The van der Waals surface area contributed by atoms with E-state index in [4.69, 9.17) is 17.3 Å². The molecule has 0 bridgehead atoms. The van der Waals surface area contributed by atoms with Crippen LogP contribution in [0.25, 0.3) is 20.9 Å². The quantitative estimate of drug-likeness (QED) is 0.668. The maximum atomic E-state index is 9.28. The molecule has 3 rings (SSSR count). The Bertz CT molecular complexity index is 842. The van der Waals surface area contributed by atoms with Gasteiger partial charge in [0, 0.05) is 20.3 Å². The normalized spacial score (nSPS) is 10.5. The second-order valence-corrected chi connectivity index (χ2v) is 7.00. The third-order valence-corrected chi connectivity index (χ3v) is 5.52. The number of halogens is 1. The summed E-state index contributed by atoms with van der Waals surface area (Å²) in [6.45, 7) is 2.03. The Morgan fingerprint density at radius 3 is 2.76 bits per heavy atom. The van der Waals surface area contributed by atoms with Gasteiger partial charge in [-0.3, -0.25) is 0 Å². The van der Waals surface area contributed by atoms with Crippen LogP contribution < -0.4 is 5.73 Å². The molecule has 21 heavy (non-hydrogen) atoms. The fourth-order valence-electron chi connectivity index (χ4n) is 2.22. The van der Waals surface area contributed by atoms with E-state index in [-0.39, 0.29) is 0 Å². The third-order valence-electron chi connectivity index (χ3n) is 3.26. The number of benzene rings is 1. The van der Waals surface area contributed by atoms with E-state index in [1.807, 2.05) is 42.6 Å². The third kappa shape index (κ3) is 2.44. The Labute approximate surface area is 136 Å². The molecule has 0 amide bonds. The van der Waals surface area contributed by atoms with E-state index in [1.165, 1.54) is 11.3 Å². The van der Waals surface area contributed by atoms with E-state index in [1.54, 1.807) is 11.3 Å². The Morgan fingerprint density at radius 2 is 2.10 bits per heavy atom. The first-order valence-electron chi connectivity index (χ1n) is 6.24. The summed E-state index contributed by atoms with van der Waals surface area (Å²) in [4.78, 5) is 2.62. The predicted octanol–water partition coefficient (Wildman–Crippen LogP) is 5.56. The number of rotatable bonds is 2. The highest BCUT2D eigenvalue weighted by Crippen LogP contribution is 2.47. The first kappa shape index (κ1) is 14.2. The number of anilines is 1. The molecule has 0 atom stereocenters. The van der Waals surface area contributed by atoms with Gasteiger partial charge in [0.15, 0.2) is 0 Å². The molecular formula is C16H11ClN2S2. The molecule has 0 unspecified atom stereocenters. The van der Waals surface area contributed by atoms with Crippen LogP contribution in [0.5, 0.6) is 0 Å². The summed E-state index contributed by atoms with van der Waals surface area (Å²) >= 11 is 9.17. The number of nitrogens with two attached hydrogens (primary N) is 1. The Morgan fingerprint density at radius 1 is 1.29 bits per heavy atom. The summed E-state index contributed by atoms with van der Waals surface area (Å²) in [5, 5.41) is 12.0. The summed E-state index contributed by atoms with van der Waals surface area (Å²) in [5.41, 5.74) is 9.83. The largest absolute Gasteiger partial charge is 0.396 e. The van der Waals surface area contributed by atoms with E-state index in [0.717, 1.165) is 26.4 Å². The lowest BCUT2D eigenvalue weighted by Gasteiger charge is -2.07. The van der Waals surface area contributed by atoms with Crippen molar-refractivity contribution in [2.24, 2.45) is 0 Å². The molecule has 2 heterocycles. The van der Waals surface area contributed by atoms with Crippen molar-refractivity contribution >= 4 is 40.0 Å². The number of aryl methyl sites for hydroxylation is 1. The maximum Gasteiger partial charge on any atom is 0.129 e. The molecule has 0 saturated heterocycles. The van der Waals surface area contributed by atoms with Gasteiger partial charge in [0.05, 0.1) is 5.69 Å². The van der Waals surface area contributed by atoms with Crippen molar-refractivity contribution in [3.8, 4) is 27.0 Å². The van der Waals surface area contributed by atoms with Crippen molar-refractivity contribution in [1.29, 1.82) is 5.26 Å². The van der Waals surface area contributed by atoms with Crippen molar-refractivity contribution in [2.75, 3.05) is 5.73 Å². The lowest BCUT2D eigenvalue weighted by molar-refractivity contribution is 1.48. The fraction of sp³-hybridized carbons (Fsp3) is 0.0625. The van der Waals surface area contributed by atoms with Crippen LogP contribution in [0.2, 0.25) is 5.02 Å². The fourth-order valence-corrected chi connectivity index (χ4v) is 4.36. The predicted molar refractivity (Wildman–Crippen MR) is 91.9 cm³/mol. The summed E-state index contributed by atoms with van der Waals surface area (Å²) < 4.78 is 0. The molecule has 0 radical (unpaired) electrons. The monoisotopic (exact) mass is 330 g/mol.